The van der Waals surface area contributed by atoms with Crippen molar-refractivity contribution >= 4 is 17.7 Å². The van der Waals surface area contributed by atoms with Gasteiger partial charge in [0.1, 0.15) is 12.6 Å². The number of para-hydroxylation sites is 1. The molecule has 5 heteroatoms. The van der Waals surface area contributed by atoms with Crippen molar-refractivity contribution in [3.8, 4) is 0 Å². The Labute approximate surface area is 160 Å². The molecule has 27 heavy (non-hydrogen) atoms. The maximum absolute atomic E-state index is 12.9. The molecule has 0 aliphatic carbocycles. The second-order valence-corrected chi connectivity index (χ2v) is 6.84. The molecule has 1 fully saturated rings. The molecule has 5 nitrogen and oxygen atoms in total. The molecule has 0 aromatic heterocycles. The zero-order valence-corrected chi connectivity index (χ0v) is 15.9. The van der Waals surface area contributed by atoms with Crippen LogP contribution >= 0.6 is 0 Å². The minimum absolute atomic E-state index is 0.145. The van der Waals surface area contributed by atoms with E-state index in [-0.39, 0.29) is 12.5 Å². The highest BCUT2D eigenvalue weighted by atomic mass is 16.6. The normalized spacial score (nSPS) is 16.2. The fourth-order valence-corrected chi connectivity index (χ4v) is 3.47. The quantitative estimate of drug-likeness (QED) is 0.858. The van der Waals surface area contributed by atoms with Crippen LogP contribution in [0.2, 0.25) is 0 Å². The maximum atomic E-state index is 12.9. The summed E-state index contributed by atoms with van der Waals surface area (Å²) in [6.07, 6.45) is 1.86. The first-order valence-corrected chi connectivity index (χ1v) is 9.46. The summed E-state index contributed by atoms with van der Waals surface area (Å²) in [6, 6.07) is 15.1. The number of likely N-dealkylation sites (tertiary alicyclic amines) is 1. The lowest BCUT2D eigenvalue weighted by Crippen LogP contribution is -2.43. The Hall–Kier alpha value is -2.82. The van der Waals surface area contributed by atoms with Crippen LogP contribution in [0.4, 0.5) is 10.5 Å². The molecule has 0 radical (unpaired) electrons. The average molecular weight is 366 g/mol. The molecule has 0 spiro atoms. The summed E-state index contributed by atoms with van der Waals surface area (Å²) in [5.74, 6) is -0.145. The molecule has 1 aliphatic heterocycles. The lowest BCUT2D eigenvalue weighted by molar-refractivity contribution is -0.120. The van der Waals surface area contributed by atoms with Crippen LogP contribution in [0.5, 0.6) is 0 Å². The van der Waals surface area contributed by atoms with Crippen molar-refractivity contribution in [1.29, 1.82) is 0 Å². The lowest BCUT2D eigenvalue weighted by Gasteiger charge is -2.24. The van der Waals surface area contributed by atoms with Crippen LogP contribution in [0, 0.1) is 6.92 Å². The van der Waals surface area contributed by atoms with E-state index < -0.39 is 12.1 Å². The smallest absolute Gasteiger partial charge is 0.410 e. The lowest BCUT2D eigenvalue weighted by atomic mass is 10.1. The SMILES string of the molecule is CCc1cccc(C)c1NC(=O)C1CCCN1C(=O)OCc1ccccc1. The second kappa shape index (κ2) is 8.71. The fourth-order valence-electron chi connectivity index (χ4n) is 3.47. The highest BCUT2D eigenvalue weighted by Gasteiger charge is 2.35. The van der Waals surface area contributed by atoms with Gasteiger partial charge in [0.15, 0.2) is 0 Å². The summed E-state index contributed by atoms with van der Waals surface area (Å²) in [5, 5.41) is 3.04. The summed E-state index contributed by atoms with van der Waals surface area (Å²) in [6.45, 7) is 4.80. The molecular formula is C22H26N2O3. The van der Waals surface area contributed by atoms with Gasteiger partial charge in [-0.25, -0.2) is 4.79 Å². The largest absolute Gasteiger partial charge is 0.445 e. The van der Waals surface area contributed by atoms with Gasteiger partial charge in [-0.15, -0.1) is 0 Å². The molecular weight excluding hydrogens is 340 g/mol. The van der Waals surface area contributed by atoms with Crippen molar-refractivity contribution in [3.63, 3.8) is 0 Å². The van der Waals surface area contributed by atoms with Gasteiger partial charge in [-0.1, -0.05) is 55.5 Å². The van der Waals surface area contributed by atoms with Crippen molar-refractivity contribution in [2.75, 3.05) is 11.9 Å². The Bertz CT molecular complexity index is 804. The number of hydrogen-bond acceptors (Lipinski definition) is 3. The number of hydrogen-bond donors (Lipinski definition) is 1. The third kappa shape index (κ3) is 4.48. The van der Waals surface area contributed by atoms with Crippen LogP contribution in [0.25, 0.3) is 0 Å². The van der Waals surface area contributed by atoms with Crippen LogP contribution in [-0.4, -0.2) is 29.5 Å². The Morgan fingerprint density at radius 2 is 1.93 bits per heavy atom. The first-order chi connectivity index (χ1) is 13.1. The van der Waals surface area contributed by atoms with Gasteiger partial charge in [0.25, 0.3) is 0 Å². The van der Waals surface area contributed by atoms with Crippen molar-refractivity contribution in [1.82, 2.24) is 4.90 Å². The van der Waals surface area contributed by atoms with Gasteiger partial charge in [-0.05, 0) is 42.9 Å². The molecule has 2 aromatic rings. The topological polar surface area (TPSA) is 58.6 Å². The minimum atomic E-state index is -0.488. The molecule has 142 valence electrons. The molecule has 1 aliphatic rings. The van der Waals surface area contributed by atoms with E-state index in [1.54, 1.807) is 4.90 Å². The Morgan fingerprint density at radius 1 is 1.15 bits per heavy atom. The number of nitrogens with one attached hydrogen (secondary N) is 1. The molecule has 1 atom stereocenters. The van der Waals surface area contributed by atoms with Gasteiger partial charge < -0.3 is 10.1 Å². The van der Waals surface area contributed by atoms with E-state index in [1.165, 1.54) is 0 Å². The first-order valence-electron chi connectivity index (χ1n) is 9.46. The van der Waals surface area contributed by atoms with E-state index in [1.807, 2.05) is 55.5 Å². The van der Waals surface area contributed by atoms with E-state index in [0.717, 1.165) is 35.2 Å². The molecule has 2 amide bonds. The molecule has 1 heterocycles. The van der Waals surface area contributed by atoms with E-state index in [2.05, 4.69) is 12.2 Å². The van der Waals surface area contributed by atoms with E-state index in [0.29, 0.717) is 13.0 Å². The van der Waals surface area contributed by atoms with Crippen molar-refractivity contribution in [2.45, 2.75) is 45.8 Å². The Balaban J connectivity index is 1.65. The first kappa shape index (κ1) is 19.0. The van der Waals surface area contributed by atoms with E-state index in [4.69, 9.17) is 4.74 Å². The molecule has 1 N–H and O–H groups in total. The van der Waals surface area contributed by atoms with Gasteiger partial charge in [-0.2, -0.15) is 0 Å². The Kier molecular flexibility index (Phi) is 6.12. The molecule has 0 bridgehead atoms. The molecule has 1 unspecified atom stereocenters. The van der Waals surface area contributed by atoms with Gasteiger partial charge in [0.2, 0.25) is 5.91 Å². The minimum Gasteiger partial charge on any atom is -0.445 e. The monoisotopic (exact) mass is 366 g/mol. The number of amides is 2. The Morgan fingerprint density at radius 3 is 2.67 bits per heavy atom. The van der Waals surface area contributed by atoms with Crippen LogP contribution in [0.15, 0.2) is 48.5 Å². The number of carbonyl (C=O) groups is 2. The number of ether oxygens (including phenoxy) is 1. The second-order valence-electron chi connectivity index (χ2n) is 6.84. The fraction of sp³-hybridized carbons (Fsp3) is 0.364. The third-order valence-corrected chi connectivity index (χ3v) is 4.98. The molecule has 2 aromatic carbocycles. The van der Waals surface area contributed by atoms with Gasteiger partial charge >= 0.3 is 6.09 Å². The average Bonchev–Trinajstić information content (AvgIpc) is 3.18. The zero-order chi connectivity index (χ0) is 19.2. The predicted octanol–water partition coefficient (Wildman–Crippen LogP) is 4.30. The van der Waals surface area contributed by atoms with Crippen molar-refractivity contribution in [2.24, 2.45) is 0 Å². The molecule has 3 rings (SSSR count). The molecule has 1 saturated heterocycles. The van der Waals surface area contributed by atoms with Gasteiger partial charge in [0.05, 0.1) is 0 Å². The zero-order valence-electron chi connectivity index (χ0n) is 15.9. The summed E-state index contributed by atoms with van der Waals surface area (Å²) in [5.41, 5.74) is 3.91. The summed E-state index contributed by atoms with van der Waals surface area (Å²) >= 11 is 0. The van der Waals surface area contributed by atoms with Gasteiger partial charge in [0, 0.05) is 12.2 Å². The van der Waals surface area contributed by atoms with E-state index in [9.17, 15) is 9.59 Å². The van der Waals surface area contributed by atoms with Crippen LogP contribution in [0.1, 0.15) is 36.5 Å². The molecule has 0 saturated carbocycles. The highest BCUT2D eigenvalue weighted by Crippen LogP contribution is 2.24. The van der Waals surface area contributed by atoms with Crippen molar-refractivity contribution < 1.29 is 14.3 Å². The van der Waals surface area contributed by atoms with E-state index >= 15 is 0 Å². The third-order valence-electron chi connectivity index (χ3n) is 4.98. The number of nitrogens with zero attached hydrogens (tertiary/aromatic N) is 1. The predicted molar refractivity (Wildman–Crippen MR) is 106 cm³/mol. The summed E-state index contributed by atoms with van der Waals surface area (Å²) in [7, 11) is 0. The maximum Gasteiger partial charge on any atom is 0.410 e. The standard InChI is InChI=1S/C22H26N2O3/c1-3-18-12-7-9-16(2)20(18)23-21(25)19-13-8-14-24(19)22(26)27-15-17-10-5-4-6-11-17/h4-7,9-12,19H,3,8,13-15H2,1-2H3,(H,23,25). The van der Waals surface area contributed by atoms with Crippen LogP contribution in [-0.2, 0) is 22.6 Å². The number of rotatable bonds is 5. The van der Waals surface area contributed by atoms with Crippen LogP contribution in [0.3, 0.4) is 0 Å². The number of carbonyl (C=O) groups excluding carboxylic acids is 2. The number of aryl methyl sites for hydroxylation is 2. The van der Waals surface area contributed by atoms with Crippen molar-refractivity contribution in [3.05, 3.63) is 65.2 Å². The highest BCUT2D eigenvalue weighted by molar-refractivity contribution is 5.98. The summed E-state index contributed by atoms with van der Waals surface area (Å²) in [4.78, 5) is 26.9. The van der Waals surface area contributed by atoms with Crippen LogP contribution < -0.4 is 5.32 Å². The summed E-state index contributed by atoms with van der Waals surface area (Å²) < 4.78 is 5.42. The number of benzene rings is 2. The van der Waals surface area contributed by atoms with Gasteiger partial charge in [-0.3, -0.25) is 9.69 Å². The number of anilines is 1.